The number of imidazole rings is 1. The number of hydrogen-bond acceptors (Lipinski definition) is 5. The lowest BCUT2D eigenvalue weighted by atomic mass is 10.1. The summed E-state index contributed by atoms with van der Waals surface area (Å²) in [6.45, 7) is 4.77. The number of aliphatic hydroxyl groups excluding tert-OH is 1. The summed E-state index contributed by atoms with van der Waals surface area (Å²) in [5.74, 6) is 1.02. The second-order valence-corrected chi connectivity index (χ2v) is 8.16. The fourth-order valence-corrected chi connectivity index (χ4v) is 4.52. The molecule has 148 valence electrons. The second kappa shape index (κ2) is 10.2. The number of aliphatic hydroxyl groups is 1. The van der Waals surface area contributed by atoms with Gasteiger partial charge in [-0.05, 0) is 30.5 Å². The third-order valence-corrected chi connectivity index (χ3v) is 5.27. The maximum absolute atomic E-state index is 10.9. The predicted molar refractivity (Wildman–Crippen MR) is 108 cm³/mol. The number of aromatic nitrogens is 2. The maximum Gasteiger partial charge on any atom is 0.404 e. The number of benzene rings is 1. The van der Waals surface area contributed by atoms with E-state index in [1.165, 1.54) is 11.8 Å². The third-order valence-electron chi connectivity index (χ3n) is 3.74. The van der Waals surface area contributed by atoms with Gasteiger partial charge in [0.15, 0.2) is 0 Å². The van der Waals surface area contributed by atoms with Gasteiger partial charge >= 0.3 is 6.09 Å². The van der Waals surface area contributed by atoms with Crippen molar-refractivity contribution in [3.63, 3.8) is 0 Å². The summed E-state index contributed by atoms with van der Waals surface area (Å²) in [4.78, 5) is 16.6. The summed E-state index contributed by atoms with van der Waals surface area (Å²) in [6, 6.07) is 5.36. The first-order valence-corrected chi connectivity index (χ1v) is 10.2. The van der Waals surface area contributed by atoms with E-state index >= 15 is 0 Å². The molecule has 1 heterocycles. The number of rotatable bonds is 9. The van der Waals surface area contributed by atoms with Gasteiger partial charge in [-0.2, -0.15) is 0 Å². The summed E-state index contributed by atoms with van der Waals surface area (Å²) in [6.07, 6.45) is 0.397. The van der Waals surface area contributed by atoms with Crippen molar-refractivity contribution in [2.24, 2.45) is 5.73 Å². The summed E-state index contributed by atoms with van der Waals surface area (Å²) >= 11 is 13.8. The van der Waals surface area contributed by atoms with Crippen LogP contribution < -0.4 is 5.73 Å². The number of nitrogens with zero attached hydrogens (tertiary/aromatic N) is 2. The lowest BCUT2D eigenvalue weighted by Gasteiger charge is -2.13. The molecule has 2 rings (SSSR count). The minimum Gasteiger partial charge on any atom is -0.448 e. The van der Waals surface area contributed by atoms with Crippen molar-refractivity contribution in [3.8, 4) is 0 Å². The van der Waals surface area contributed by atoms with E-state index in [9.17, 15) is 9.90 Å². The van der Waals surface area contributed by atoms with Crippen LogP contribution in [0.2, 0.25) is 10.0 Å². The molecule has 0 saturated heterocycles. The van der Waals surface area contributed by atoms with Gasteiger partial charge in [0.25, 0.3) is 0 Å². The first kappa shape index (κ1) is 21.9. The number of primary amides is 1. The highest BCUT2D eigenvalue weighted by Gasteiger charge is 2.21. The number of nitrogens with two attached hydrogens (primary N) is 1. The molecule has 0 radical (unpaired) electrons. The summed E-state index contributed by atoms with van der Waals surface area (Å²) in [5, 5.41) is 11.2. The van der Waals surface area contributed by atoms with Gasteiger partial charge in [-0.3, -0.25) is 0 Å². The number of halogens is 2. The van der Waals surface area contributed by atoms with Crippen molar-refractivity contribution in [2.45, 2.75) is 49.1 Å². The molecule has 1 amide bonds. The molecule has 1 aromatic carbocycles. The lowest BCUT2D eigenvalue weighted by Crippen LogP contribution is -2.18. The number of aryl methyl sites for hydroxylation is 1. The van der Waals surface area contributed by atoms with Crippen LogP contribution in [0.3, 0.4) is 0 Å². The van der Waals surface area contributed by atoms with Gasteiger partial charge in [0.2, 0.25) is 0 Å². The van der Waals surface area contributed by atoms with E-state index in [0.29, 0.717) is 29.4 Å². The van der Waals surface area contributed by atoms with Crippen molar-refractivity contribution in [1.29, 1.82) is 0 Å². The summed E-state index contributed by atoms with van der Waals surface area (Å²) in [7, 11) is 0. The van der Waals surface area contributed by atoms with Gasteiger partial charge in [0.1, 0.15) is 17.5 Å². The molecule has 0 atom stereocenters. The van der Waals surface area contributed by atoms with E-state index in [1.807, 2.05) is 16.7 Å². The van der Waals surface area contributed by atoms with Gasteiger partial charge in [-0.25, -0.2) is 9.78 Å². The monoisotopic (exact) mass is 431 g/mol. The second-order valence-electron chi connectivity index (χ2n) is 6.23. The molecule has 6 nitrogen and oxygen atoms in total. The number of hydrogen-bond donors (Lipinski definition) is 2. The maximum atomic E-state index is 10.9. The van der Waals surface area contributed by atoms with E-state index in [2.05, 4.69) is 13.8 Å². The van der Waals surface area contributed by atoms with Crippen molar-refractivity contribution in [1.82, 2.24) is 9.55 Å². The van der Waals surface area contributed by atoms with Crippen LogP contribution >= 0.6 is 35.0 Å². The van der Waals surface area contributed by atoms with Gasteiger partial charge < -0.3 is 20.1 Å². The average Bonchev–Trinajstić information content (AvgIpc) is 2.89. The van der Waals surface area contributed by atoms with Crippen LogP contribution in [0.5, 0.6) is 0 Å². The van der Waals surface area contributed by atoms with Crippen LogP contribution in [0.25, 0.3) is 0 Å². The number of amides is 1. The first-order valence-electron chi connectivity index (χ1n) is 8.58. The van der Waals surface area contributed by atoms with Crippen LogP contribution in [0.15, 0.2) is 28.1 Å². The molecular weight excluding hydrogens is 409 g/mol. The predicted octanol–water partition coefficient (Wildman–Crippen LogP) is 4.48. The van der Waals surface area contributed by atoms with Crippen LogP contribution in [0, 0.1) is 0 Å². The Bertz CT molecular complexity index is 776. The molecular formula is C18H23Cl2N3O3S. The van der Waals surface area contributed by atoms with Crippen LogP contribution in [-0.4, -0.2) is 34.0 Å². The Morgan fingerprint density at radius 1 is 1.33 bits per heavy atom. The van der Waals surface area contributed by atoms with Crippen LogP contribution in [0.4, 0.5) is 4.79 Å². The number of ether oxygens (including phenoxy) is 1. The van der Waals surface area contributed by atoms with Crippen molar-refractivity contribution >= 4 is 41.1 Å². The molecule has 2 aromatic rings. The highest BCUT2D eigenvalue weighted by molar-refractivity contribution is 7.99. The van der Waals surface area contributed by atoms with Gasteiger partial charge in [-0.1, -0.05) is 48.8 Å². The molecule has 0 aliphatic rings. The molecule has 0 spiro atoms. The zero-order valence-corrected chi connectivity index (χ0v) is 17.6. The quantitative estimate of drug-likeness (QED) is 0.610. The van der Waals surface area contributed by atoms with Crippen molar-refractivity contribution in [3.05, 3.63) is 39.8 Å². The lowest BCUT2D eigenvalue weighted by molar-refractivity contribution is 0.151. The Balaban J connectivity index is 2.42. The first-order chi connectivity index (χ1) is 12.8. The fourth-order valence-electron chi connectivity index (χ4n) is 2.58. The summed E-state index contributed by atoms with van der Waals surface area (Å²) in [5.41, 5.74) is 6.00. The van der Waals surface area contributed by atoms with Crippen LogP contribution in [-0.2, 0) is 17.7 Å². The minimum absolute atomic E-state index is 0.0774. The molecule has 27 heavy (non-hydrogen) atoms. The normalized spacial score (nSPS) is 11.2. The standard InChI is InChI=1S/C18H23Cl2N3O3S/c1-11(2)16-17(27-14-9-12(19)8-13(20)10-14)23(5-7-26-18(21)25)15(22-16)4-3-6-24/h8-11,24H,3-7H2,1-2H3,(H2,21,25). The van der Waals surface area contributed by atoms with E-state index in [1.54, 1.807) is 6.07 Å². The molecule has 9 heteroatoms. The smallest absolute Gasteiger partial charge is 0.404 e. The van der Waals surface area contributed by atoms with Crippen molar-refractivity contribution < 1.29 is 14.6 Å². The van der Waals surface area contributed by atoms with E-state index in [-0.39, 0.29) is 19.1 Å². The molecule has 1 aromatic heterocycles. The third kappa shape index (κ3) is 6.31. The molecule has 0 aliphatic heterocycles. The van der Waals surface area contributed by atoms with Gasteiger partial charge in [-0.15, -0.1) is 0 Å². The Labute approximate surface area is 173 Å². The highest BCUT2D eigenvalue weighted by Crippen LogP contribution is 2.37. The zero-order valence-electron chi connectivity index (χ0n) is 15.2. The Hall–Kier alpha value is -1.41. The Morgan fingerprint density at radius 3 is 2.56 bits per heavy atom. The fraction of sp³-hybridized carbons (Fsp3) is 0.444. The minimum atomic E-state index is -0.813. The number of carbonyl (C=O) groups excluding carboxylic acids is 1. The highest BCUT2D eigenvalue weighted by atomic mass is 35.5. The van der Waals surface area contributed by atoms with Crippen LogP contribution in [0.1, 0.15) is 37.7 Å². The molecule has 3 N–H and O–H groups in total. The number of carbonyl (C=O) groups is 1. The Morgan fingerprint density at radius 2 is 2.00 bits per heavy atom. The zero-order chi connectivity index (χ0) is 20.0. The van der Waals surface area contributed by atoms with E-state index in [4.69, 9.17) is 38.7 Å². The Kier molecular flexibility index (Phi) is 8.28. The van der Waals surface area contributed by atoms with E-state index in [0.717, 1.165) is 21.4 Å². The summed E-state index contributed by atoms with van der Waals surface area (Å²) < 4.78 is 6.92. The average molecular weight is 432 g/mol. The van der Waals surface area contributed by atoms with Crippen molar-refractivity contribution in [2.75, 3.05) is 13.2 Å². The van der Waals surface area contributed by atoms with Gasteiger partial charge in [0, 0.05) is 28.0 Å². The molecule has 0 saturated carbocycles. The molecule has 0 fully saturated rings. The SMILES string of the molecule is CC(C)c1nc(CCCO)n(CCOC(N)=O)c1Sc1cc(Cl)cc(Cl)c1. The molecule has 0 aliphatic carbocycles. The molecule has 0 unspecified atom stereocenters. The van der Waals surface area contributed by atoms with E-state index < -0.39 is 6.09 Å². The molecule has 0 bridgehead atoms. The topological polar surface area (TPSA) is 90.4 Å². The van der Waals surface area contributed by atoms with Gasteiger partial charge in [0.05, 0.1) is 12.2 Å². The largest absolute Gasteiger partial charge is 0.448 e.